The standard InChI is InChI=1S/C17H18ClNO3/c1-21-15-6-2-13(3-7-15)12-19-17(20)10-11-22-16-8-4-14(18)5-9-16/h2-9H,10-12H2,1H3,(H,19,20). The molecule has 0 saturated heterocycles. The van der Waals surface area contributed by atoms with E-state index in [1.807, 2.05) is 24.3 Å². The summed E-state index contributed by atoms with van der Waals surface area (Å²) in [4.78, 5) is 11.7. The van der Waals surface area contributed by atoms with E-state index in [2.05, 4.69) is 5.32 Å². The molecule has 0 aliphatic rings. The molecule has 22 heavy (non-hydrogen) atoms. The van der Waals surface area contributed by atoms with Gasteiger partial charge in [0, 0.05) is 11.6 Å². The number of nitrogens with one attached hydrogen (secondary N) is 1. The van der Waals surface area contributed by atoms with Crippen LogP contribution in [-0.2, 0) is 11.3 Å². The molecule has 2 aromatic rings. The molecule has 0 radical (unpaired) electrons. The largest absolute Gasteiger partial charge is 0.497 e. The van der Waals surface area contributed by atoms with Gasteiger partial charge in [0.1, 0.15) is 11.5 Å². The van der Waals surface area contributed by atoms with Crippen molar-refractivity contribution in [3.05, 3.63) is 59.1 Å². The normalized spacial score (nSPS) is 10.1. The Hall–Kier alpha value is -2.20. The summed E-state index contributed by atoms with van der Waals surface area (Å²) in [5.74, 6) is 1.45. The Bertz CT molecular complexity index is 596. The van der Waals surface area contributed by atoms with E-state index >= 15 is 0 Å². The summed E-state index contributed by atoms with van der Waals surface area (Å²) >= 11 is 5.79. The van der Waals surface area contributed by atoms with E-state index in [0.717, 1.165) is 11.3 Å². The number of hydrogen-bond acceptors (Lipinski definition) is 3. The molecule has 0 aliphatic heterocycles. The van der Waals surface area contributed by atoms with Gasteiger partial charge in [-0.3, -0.25) is 4.79 Å². The number of benzene rings is 2. The highest BCUT2D eigenvalue weighted by Crippen LogP contribution is 2.15. The molecule has 0 fully saturated rings. The van der Waals surface area contributed by atoms with Crippen molar-refractivity contribution in [3.8, 4) is 11.5 Å². The Morgan fingerprint density at radius 2 is 1.68 bits per heavy atom. The fourth-order valence-electron chi connectivity index (χ4n) is 1.82. The highest BCUT2D eigenvalue weighted by Gasteiger charge is 2.03. The SMILES string of the molecule is COc1ccc(CNC(=O)CCOc2ccc(Cl)cc2)cc1. The van der Waals surface area contributed by atoms with Crippen molar-refractivity contribution >= 4 is 17.5 Å². The fourth-order valence-corrected chi connectivity index (χ4v) is 1.95. The molecule has 2 aromatic carbocycles. The number of ether oxygens (including phenoxy) is 2. The van der Waals surface area contributed by atoms with Crippen molar-refractivity contribution in [2.24, 2.45) is 0 Å². The minimum atomic E-state index is -0.0511. The van der Waals surface area contributed by atoms with Gasteiger partial charge in [-0.2, -0.15) is 0 Å². The number of halogens is 1. The smallest absolute Gasteiger partial charge is 0.223 e. The highest BCUT2D eigenvalue weighted by molar-refractivity contribution is 6.30. The predicted molar refractivity (Wildman–Crippen MR) is 86.4 cm³/mol. The Morgan fingerprint density at radius 1 is 1.05 bits per heavy atom. The van der Waals surface area contributed by atoms with Crippen LogP contribution in [0.3, 0.4) is 0 Å². The minimum Gasteiger partial charge on any atom is -0.497 e. The van der Waals surface area contributed by atoms with Crippen molar-refractivity contribution in [1.29, 1.82) is 0 Å². The van der Waals surface area contributed by atoms with Crippen molar-refractivity contribution in [3.63, 3.8) is 0 Å². The average molecular weight is 320 g/mol. The molecule has 0 aromatic heterocycles. The quantitative estimate of drug-likeness (QED) is 0.850. The topological polar surface area (TPSA) is 47.6 Å². The van der Waals surface area contributed by atoms with Crippen LogP contribution in [0, 0.1) is 0 Å². The molecule has 0 bridgehead atoms. The maximum absolute atomic E-state index is 11.7. The summed E-state index contributed by atoms with van der Waals surface area (Å²) in [6, 6.07) is 14.6. The van der Waals surface area contributed by atoms with Gasteiger partial charge in [-0.1, -0.05) is 23.7 Å². The number of carbonyl (C=O) groups is 1. The lowest BCUT2D eigenvalue weighted by Gasteiger charge is -2.08. The molecule has 0 atom stereocenters. The first-order valence-corrected chi connectivity index (χ1v) is 7.33. The van der Waals surface area contributed by atoms with Crippen molar-refractivity contribution in [2.75, 3.05) is 13.7 Å². The maximum atomic E-state index is 11.7. The van der Waals surface area contributed by atoms with Crippen LogP contribution < -0.4 is 14.8 Å². The fraction of sp³-hybridized carbons (Fsp3) is 0.235. The van der Waals surface area contributed by atoms with Crippen molar-refractivity contribution in [2.45, 2.75) is 13.0 Å². The second-order valence-electron chi connectivity index (χ2n) is 4.68. The van der Waals surface area contributed by atoms with E-state index in [0.29, 0.717) is 30.3 Å². The summed E-state index contributed by atoms with van der Waals surface area (Å²) in [6.07, 6.45) is 0.304. The van der Waals surface area contributed by atoms with Crippen LogP contribution in [0.4, 0.5) is 0 Å². The van der Waals surface area contributed by atoms with Crippen LogP contribution in [0.1, 0.15) is 12.0 Å². The minimum absolute atomic E-state index is 0.0511. The third-order valence-corrected chi connectivity index (χ3v) is 3.31. The number of rotatable bonds is 7. The Morgan fingerprint density at radius 3 is 2.32 bits per heavy atom. The first-order valence-electron chi connectivity index (χ1n) is 6.95. The molecular weight excluding hydrogens is 302 g/mol. The van der Waals surface area contributed by atoms with Gasteiger partial charge in [0.05, 0.1) is 20.1 Å². The van der Waals surface area contributed by atoms with E-state index in [1.165, 1.54) is 0 Å². The zero-order chi connectivity index (χ0) is 15.8. The van der Waals surface area contributed by atoms with Crippen LogP contribution in [0.25, 0.3) is 0 Å². The summed E-state index contributed by atoms with van der Waals surface area (Å²) in [5, 5.41) is 3.51. The van der Waals surface area contributed by atoms with E-state index < -0.39 is 0 Å². The lowest BCUT2D eigenvalue weighted by Crippen LogP contribution is -2.24. The molecule has 5 heteroatoms. The van der Waals surface area contributed by atoms with Crippen LogP contribution in [0.15, 0.2) is 48.5 Å². The van der Waals surface area contributed by atoms with Gasteiger partial charge >= 0.3 is 0 Å². The molecule has 2 rings (SSSR count). The van der Waals surface area contributed by atoms with Crippen molar-refractivity contribution < 1.29 is 14.3 Å². The van der Waals surface area contributed by atoms with Crippen molar-refractivity contribution in [1.82, 2.24) is 5.32 Å². The number of amides is 1. The zero-order valence-corrected chi connectivity index (χ0v) is 13.1. The molecule has 0 unspecified atom stereocenters. The van der Waals surface area contributed by atoms with E-state index in [1.54, 1.807) is 31.4 Å². The monoisotopic (exact) mass is 319 g/mol. The van der Waals surface area contributed by atoms with Gasteiger partial charge in [0.15, 0.2) is 0 Å². The second kappa shape index (κ2) is 8.29. The average Bonchev–Trinajstić information content (AvgIpc) is 2.55. The molecule has 116 valence electrons. The van der Waals surface area contributed by atoms with Gasteiger partial charge in [-0.05, 0) is 42.0 Å². The Kier molecular flexibility index (Phi) is 6.10. The molecule has 0 saturated carbocycles. The maximum Gasteiger partial charge on any atom is 0.223 e. The molecule has 4 nitrogen and oxygen atoms in total. The predicted octanol–water partition coefficient (Wildman–Crippen LogP) is 3.43. The summed E-state index contributed by atoms with van der Waals surface area (Å²) in [5.41, 5.74) is 1.02. The highest BCUT2D eigenvalue weighted by atomic mass is 35.5. The van der Waals surface area contributed by atoms with Crippen LogP contribution >= 0.6 is 11.6 Å². The molecule has 0 heterocycles. The molecular formula is C17H18ClNO3. The van der Waals surface area contributed by atoms with Gasteiger partial charge in [-0.25, -0.2) is 0 Å². The van der Waals surface area contributed by atoms with Crippen LogP contribution in [0.2, 0.25) is 5.02 Å². The Labute approximate surface area is 135 Å². The molecule has 0 aliphatic carbocycles. The third kappa shape index (κ3) is 5.30. The Balaban J connectivity index is 1.68. The number of methoxy groups -OCH3 is 1. The van der Waals surface area contributed by atoms with Gasteiger partial charge in [-0.15, -0.1) is 0 Å². The first kappa shape index (κ1) is 16.2. The van der Waals surface area contributed by atoms with Gasteiger partial charge < -0.3 is 14.8 Å². The molecule has 1 N–H and O–H groups in total. The zero-order valence-electron chi connectivity index (χ0n) is 12.3. The van der Waals surface area contributed by atoms with E-state index in [-0.39, 0.29) is 5.91 Å². The van der Waals surface area contributed by atoms with Gasteiger partial charge in [0.2, 0.25) is 5.91 Å². The molecule has 0 spiro atoms. The lowest BCUT2D eigenvalue weighted by atomic mass is 10.2. The van der Waals surface area contributed by atoms with E-state index in [9.17, 15) is 4.79 Å². The van der Waals surface area contributed by atoms with Crippen LogP contribution in [-0.4, -0.2) is 19.6 Å². The second-order valence-corrected chi connectivity index (χ2v) is 5.11. The number of hydrogen-bond donors (Lipinski definition) is 1. The van der Waals surface area contributed by atoms with Gasteiger partial charge in [0.25, 0.3) is 0 Å². The molecule has 1 amide bonds. The lowest BCUT2D eigenvalue weighted by molar-refractivity contribution is -0.121. The summed E-state index contributed by atoms with van der Waals surface area (Å²) < 4.78 is 10.6. The summed E-state index contributed by atoms with van der Waals surface area (Å²) in [6.45, 7) is 0.819. The summed E-state index contributed by atoms with van der Waals surface area (Å²) in [7, 11) is 1.62. The first-order chi connectivity index (χ1) is 10.7. The number of carbonyl (C=O) groups excluding carboxylic acids is 1. The van der Waals surface area contributed by atoms with E-state index in [4.69, 9.17) is 21.1 Å². The third-order valence-electron chi connectivity index (χ3n) is 3.06. The van der Waals surface area contributed by atoms with Crippen LogP contribution in [0.5, 0.6) is 11.5 Å².